The minimum absolute atomic E-state index is 0.169. The molecule has 2 aromatic rings. The molecule has 0 radical (unpaired) electrons. The van der Waals surface area contributed by atoms with E-state index in [0.717, 1.165) is 10.5 Å². The first-order valence-electron chi connectivity index (χ1n) is 12.2. The number of ether oxygens (including phenoxy) is 1. The van der Waals surface area contributed by atoms with E-state index in [-0.39, 0.29) is 12.8 Å². The van der Waals surface area contributed by atoms with Crippen LogP contribution in [0, 0.1) is 30.6 Å². The highest BCUT2D eigenvalue weighted by atomic mass is 16.6. The second-order valence-corrected chi connectivity index (χ2v) is 9.80. The quantitative estimate of drug-likeness (QED) is 0.316. The minimum Gasteiger partial charge on any atom is -0.444 e. The number of amides is 4. The van der Waals surface area contributed by atoms with Crippen molar-refractivity contribution in [3.05, 3.63) is 65.2 Å². The van der Waals surface area contributed by atoms with Crippen molar-refractivity contribution in [2.75, 3.05) is 11.9 Å². The maximum Gasteiger partial charge on any atom is 0.408 e. The number of para-hydroxylation sites is 1. The molecule has 204 valence electrons. The van der Waals surface area contributed by atoms with Crippen LogP contribution in [-0.2, 0) is 19.1 Å². The van der Waals surface area contributed by atoms with Gasteiger partial charge in [-0.25, -0.2) is 4.79 Å². The lowest BCUT2D eigenvalue weighted by Crippen LogP contribution is -2.52. The molecule has 0 aliphatic heterocycles. The zero-order valence-electron chi connectivity index (χ0n) is 22.5. The highest BCUT2D eigenvalue weighted by Gasteiger charge is 2.36. The van der Waals surface area contributed by atoms with E-state index in [0.29, 0.717) is 16.8 Å². The Morgan fingerprint density at radius 1 is 1.10 bits per heavy atom. The Morgan fingerprint density at radius 2 is 1.74 bits per heavy atom. The van der Waals surface area contributed by atoms with Gasteiger partial charge in [-0.15, -0.1) is 6.42 Å². The van der Waals surface area contributed by atoms with Crippen molar-refractivity contribution in [1.29, 1.82) is 5.26 Å². The number of nitrogens with zero attached hydrogens (tertiary/aromatic N) is 2. The van der Waals surface area contributed by atoms with E-state index in [4.69, 9.17) is 16.9 Å². The van der Waals surface area contributed by atoms with Crippen molar-refractivity contribution in [3.8, 4) is 18.4 Å². The Balaban J connectivity index is 2.54. The van der Waals surface area contributed by atoms with E-state index >= 15 is 0 Å². The molecule has 0 bridgehead atoms. The number of hydrogen-bond donors (Lipinski definition) is 3. The molecular formula is C29H33N5O5. The number of rotatable bonds is 10. The highest BCUT2D eigenvalue weighted by Crippen LogP contribution is 2.26. The lowest BCUT2D eigenvalue weighted by atomic mass is 10.00. The Kier molecular flexibility index (Phi) is 10.6. The van der Waals surface area contributed by atoms with Gasteiger partial charge in [0.2, 0.25) is 11.8 Å². The number of aryl methyl sites for hydroxylation is 1. The summed E-state index contributed by atoms with van der Waals surface area (Å²) in [6.45, 7) is 6.28. The van der Waals surface area contributed by atoms with Crippen LogP contribution in [0.2, 0.25) is 0 Å². The van der Waals surface area contributed by atoms with Gasteiger partial charge in [-0.1, -0.05) is 36.3 Å². The van der Waals surface area contributed by atoms with Crippen LogP contribution in [0.4, 0.5) is 10.5 Å². The first-order valence-corrected chi connectivity index (χ1v) is 12.2. The number of terminal acetylenes is 1. The summed E-state index contributed by atoms with van der Waals surface area (Å²) >= 11 is 0. The Bertz CT molecular complexity index is 1280. The molecule has 0 aromatic heterocycles. The fourth-order valence-electron chi connectivity index (χ4n) is 3.72. The van der Waals surface area contributed by atoms with E-state index in [1.54, 1.807) is 57.2 Å². The maximum atomic E-state index is 13.8. The summed E-state index contributed by atoms with van der Waals surface area (Å²) in [5.74, 6) is 0.444. The molecule has 4 amide bonds. The number of nitrogens with one attached hydrogen (secondary N) is 2. The number of hydrogen-bond acceptors (Lipinski definition) is 6. The fourth-order valence-corrected chi connectivity index (χ4v) is 3.72. The Labute approximate surface area is 228 Å². The number of carbonyl (C=O) groups excluding carboxylic acids is 4. The van der Waals surface area contributed by atoms with Crippen LogP contribution in [0.3, 0.4) is 0 Å². The monoisotopic (exact) mass is 531 g/mol. The summed E-state index contributed by atoms with van der Waals surface area (Å²) in [5.41, 5.74) is 6.69. The van der Waals surface area contributed by atoms with Crippen LogP contribution in [0.15, 0.2) is 48.5 Å². The van der Waals surface area contributed by atoms with Crippen LogP contribution in [0.1, 0.15) is 56.3 Å². The van der Waals surface area contributed by atoms with E-state index in [1.807, 2.05) is 25.1 Å². The van der Waals surface area contributed by atoms with Gasteiger partial charge >= 0.3 is 6.09 Å². The lowest BCUT2D eigenvalue weighted by molar-refractivity contribution is -0.140. The van der Waals surface area contributed by atoms with Gasteiger partial charge in [-0.3, -0.25) is 14.4 Å². The number of alkyl carbamates (subject to hydrolysis) is 1. The molecule has 10 heteroatoms. The third kappa shape index (κ3) is 9.20. The van der Waals surface area contributed by atoms with Gasteiger partial charge in [0.15, 0.2) is 0 Å². The average molecular weight is 532 g/mol. The summed E-state index contributed by atoms with van der Waals surface area (Å²) in [6.07, 6.45) is 4.17. The first-order chi connectivity index (χ1) is 18.4. The number of anilines is 1. The standard InChI is InChI=1S/C29H33N5O5/c1-6-20-11-13-21(14-12-20)25(26(36)32-22-10-8-7-9-19(22)2)34(18-17-30)27(37)23(15-16-24(31)35)33-28(38)39-29(3,4)5/h1,7-14,23,25H,15-16,18H2,2-5H3,(H2,31,35)(H,32,36)(H,33,38). The normalized spacial score (nSPS) is 12.2. The number of carbonyl (C=O) groups is 4. The molecule has 2 aromatic carbocycles. The number of nitrogens with two attached hydrogens (primary N) is 1. The van der Waals surface area contributed by atoms with Crippen LogP contribution in [-0.4, -0.2) is 46.9 Å². The van der Waals surface area contributed by atoms with E-state index in [9.17, 15) is 24.4 Å². The van der Waals surface area contributed by atoms with Gasteiger partial charge in [-0.2, -0.15) is 5.26 Å². The minimum atomic E-state index is -1.31. The second-order valence-electron chi connectivity index (χ2n) is 9.80. The SMILES string of the molecule is C#Cc1ccc(C(C(=O)Nc2ccccc2C)N(CC#N)C(=O)C(CCC(N)=O)NC(=O)OC(C)(C)C)cc1. The molecule has 0 saturated carbocycles. The summed E-state index contributed by atoms with van der Waals surface area (Å²) in [4.78, 5) is 52.6. The average Bonchev–Trinajstić information content (AvgIpc) is 2.86. The third-order valence-electron chi connectivity index (χ3n) is 5.55. The Morgan fingerprint density at radius 3 is 2.28 bits per heavy atom. The van der Waals surface area contributed by atoms with Gasteiger partial charge < -0.3 is 26.0 Å². The molecule has 0 fully saturated rings. The summed E-state index contributed by atoms with van der Waals surface area (Å²) < 4.78 is 5.28. The number of primary amides is 1. The molecule has 4 N–H and O–H groups in total. The van der Waals surface area contributed by atoms with Crippen molar-refractivity contribution in [3.63, 3.8) is 0 Å². The Hall–Kier alpha value is -4.83. The number of benzene rings is 2. The van der Waals surface area contributed by atoms with Gasteiger partial charge in [-0.05, 0) is 63.4 Å². The second kappa shape index (κ2) is 13.6. The maximum absolute atomic E-state index is 13.8. The largest absolute Gasteiger partial charge is 0.444 e. The predicted octanol–water partition coefficient (Wildman–Crippen LogP) is 3.17. The number of nitriles is 1. The fraction of sp³-hybridized carbons (Fsp3) is 0.345. The molecule has 39 heavy (non-hydrogen) atoms. The third-order valence-corrected chi connectivity index (χ3v) is 5.55. The predicted molar refractivity (Wildman–Crippen MR) is 146 cm³/mol. The molecule has 2 rings (SSSR count). The smallest absolute Gasteiger partial charge is 0.408 e. The molecule has 0 aliphatic carbocycles. The van der Waals surface area contributed by atoms with Crippen molar-refractivity contribution in [2.45, 2.75) is 58.2 Å². The van der Waals surface area contributed by atoms with Crippen LogP contribution >= 0.6 is 0 Å². The van der Waals surface area contributed by atoms with E-state index in [1.165, 1.54) is 0 Å². The van der Waals surface area contributed by atoms with Crippen LogP contribution in [0.25, 0.3) is 0 Å². The molecule has 0 heterocycles. The lowest BCUT2D eigenvalue weighted by Gasteiger charge is -2.33. The zero-order valence-corrected chi connectivity index (χ0v) is 22.5. The van der Waals surface area contributed by atoms with Gasteiger partial charge in [0.25, 0.3) is 5.91 Å². The molecular weight excluding hydrogens is 498 g/mol. The van der Waals surface area contributed by atoms with Crippen LogP contribution < -0.4 is 16.4 Å². The molecule has 0 spiro atoms. The summed E-state index contributed by atoms with van der Waals surface area (Å²) in [7, 11) is 0. The molecule has 0 saturated heterocycles. The highest BCUT2D eigenvalue weighted by molar-refractivity contribution is 5.99. The van der Waals surface area contributed by atoms with Gasteiger partial charge in [0.1, 0.15) is 24.2 Å². The molecule has 0 aliphatic rings. The topological polar surface area (TPSA) is 155 Å². The van der Waals surface area contributed by atoms with E-state index in [2.05, 4.69) is 16.6 Å². The van der Waals surface area contributed by atoms with Crippen molar-refractivity contribution >= 4 is 29.5 Å². The first kappa shape index (κ1) is 30.4. The van der Waals surface area contributed by atoms with E-state index < -0.39 is 48.0 Å². The molecule has 2 unspecified atom stereocenters. The van der Waals surface area contributed by atoms with Gasteiger partial charge in [0.05, 0.1) is 6.07 Å². The summed E-state index contributed by atoms with van der Waals surface area (Å²) in [6, 6.07) is 12.8. The van der Waals surface area contributed by atoms with Crippen LogP contribution in [0.5, 0.6) is 0 Å². The van der Waals surface area contributed by atoms with Crippen molar-refractivity contribution in [2.24, 2.45) is 5.73 Å². The van der Waals surface area contributed by atoms with Crippen molar-refractivity contribution < 1.29 is 23.9 Å². The van der Waals surface area contributed by atoms with Crippen molar-refractivity contribution in [1.82, 2.24) is 10.2 Å². The summed E-state index contributed by atoms with van der Waals surface area (Å²) in [5, 5.41) is 14.9. The molecule has 10 nitrogen and oxygen atoms in total. The van der Waals surface area contributed by atoms with Gasteiger partial charge in [0, 0.05) is 17.7 Å². The molecule has 2 atom stereocenters. The zero-order chi connectivity index (χ0) is 29.2.